The zero-order valence-corrected chi connectivity index (χ0v) is 11.8. The molecule has 1 fully saturated rings. The molecule has 1 N–H and O–H groups in total. The topological polar surface area (TPSA) is 42.4 Å². The van der Waals surface area contributed by atoms with Crippen molar-refractivity contribution >= 4 is 10.9 Å². The highest BCUT2D eigenvalue weighted by molar-refractivity contribution is 5.81. The zero-order chi connectivity index (χ0) is 13.9. The van der Waals surface area contributed by atoms with Crippen molar-refractivity contribution in [1.29, 1.82) is 0 Å². The van der Waals surface area contributed by atoms with Gasteiger partial charge in [0.15, 0.2) is 0 Å². The lowest BCUT2D eigenvalue weighted by Crippen LogP contribution is -2.33. The van der Waals surface area contributed by atoms with Crippen molar-refractivity contribution in [1.82, 2.24) is 4.98 Å². The molecule has 3 heteroatoms. The fourth-order valence-electron chi connectivity index (χ4n) is 2.85. The van der Waals surface area contributed by atoms with Crippen LogP contribution in [-0.4, -0.2) is 28.9 Å². The molecule has 1 aromatic heterocycles. The number of fused-ring (bicyclic) bond motifs is 1. The largest absolute Gasteiger partial charge is 0.390 e. The molecular weight excluding hydrogens is 250 g/mol. The summed E-state index contributed by atoms with van der Waals surface area (Å²) in [5.41, 5.74) is 2.13. The Kier molecular flexibility index (Phi) is 3.99. The standard InChI is InChI=1S/C17H21NO2/c1-2-20-17(12-7-8-12)16(19)11-13-9-10-18-15-6-4-3-5-14(13)15/h3-6,9-10,12,16-17,19H,2,7-8,11H2,1H3. The molecule has 1 heterocycles. The lowest BCUT2D eigenvalue weighted by Gasteiger charge is -2.23. The Morgan fingerprint density at radius 3 is 2.85 bits per heavy atom. The van der Waals surface area contributed by atoms with Crippen LogP contribution in [0.3, 0.4) is 0 Å². The second-order valence-electron chi connectivity index (χ2n) is 5.52. The molecule has 0 spiro atoms. The number of aromatic nitrogens is 1. The Morgan fingerprint density at radius 1 is 1.30 bits per heavy atom. The van der Waals surface area contributed by atoms with Crippen LogP contribution in [0.4, 0.5) is 0 Å². The summed E-state index contributed by atoms with van der Waals surface area (Å²) < 4.78 is 5.75. The van der Waals surface area contributed by atoms with E-state index in [1.165, 1.54) is 12.8 Å². The summed E-state index contributed by atoms with van der Waals surface area (Å²) in [6.45, 7) is 2.65. The molecule has 0 radical (unpaired) electrons. The zero-order valence-electron chi connectivity index (χ0n) is 11.8. The second kappa shape index (κ2) is 5.90. The maximum Gasteiger partial charge on any atom is 0.0865 e. The van der Waals surface area contributed by atoms with Gasteiger partial charge in [0.25, 0.3) is 0 Å². The molecule has 0 aliphatic heterocycles. The smallest absolute Gasteiger partial charge is 0.0865 e. The van der Waals surface area contributed by atoms with E-state index in [2.05, 4.69) is 11.1 Å². The number of aliphatic hydroxyl groups is 1. The first-order valence-corrected chi connectivity index (χ1v) is 7.42. The van der Waals surface area contributed by atoms with Gasteiger partial charge >= 0.3 is 0 Å². The van der Waals surface area contributed by atoms with Gasteiger partial charge in [0.1, 0.15) is 0 Å². The molecule has 0 bridgehead atoms. The van der Waals surface area contributed by atoms with Gasteiger partial charge in [-0.2, -0.15) is 0 Å². The number of aliphatic hydroxyl groups excluding tert-OH is 1. The van der Waals surface area contributed by atoms with Crippen LogP contribution < -0.4 is 0 Å². The van der Waals surface area contributed by atoms with Crippen molar-refractivity contribution in [2.75, 3.05) is 6.61 Å². The van der Waals surface area contributed by atoms with Crippen molar-refractivity contribution in [2.45, 2.75) is 38.4 Å². The average Bonchev–Trinajstić information content (AvgIpc) is 3.29. The maximum atomic E-state index is 10.5. The highest BCUT2D eigenvalue weighted by atomic mass is 16.5. The fourth-order valence-corrected chi connectivity index (χ4v) is 2.85. The number of ether oxygens (including phenoxy) is 1. The van der Waals surface area contributed by atoms with Gasteiger partial charge < -0.3 is 9.84 Å². The average molecular weight is 271 g/mol. The molecule has 3 rings (SSSR count). The Bertz CT molecular complexity index is 575. The number of nitrogens with zero attached hydrogens (tertiary/aromatic N) is 1. The van der Waals surface area contributed by atoms with Crippen LogP contribution in [0.15, 0.2) is 36.5 Å². The van der Waals surface area contributed by atoms with Crippen molar-refractivity contribution in [3.05, 3.63) is 42.1 Å². The molecule has 20 heavy (non-hydrogen) atoms. The van der Waals surface area contributed by atoms with E-state index in [4.69, 9.17) is 4.74 Å². The van der Waals surface area contributed by atoms with Gasteiger partial charge in [-0.05, 0) is 43.4 Å². The van der Waals surface area contributed by atoms with Gasteiger partial charge in [0.05, 0.1) is 17.7 Å². The van der Waals surface area contributed by atoms with E-state index in [0.29, 0.717) is 18.9 Å². The van der Waals surface area contributed by atoms with Gasteiger partial charge in [0, 0.05) is 24.6 Å². The first-order chi connectivity index (χ1) is 9.79. The minimum atomic E-state index is -0.437. The van der Waals surface area contributed by atoms with Crippen molar-refractivity contribution in [3.8, 4) is 0 Å². The summed E-state index contributed by atoms with van der Waals surface area (Å²) in [5.74, 6) is 0.540. The van der Waals surface area contributed by atoms with Gasteiger partial charge in [-0.15, -0.1) is 0 Å². The summed E-state index contributed by atoms with van der Waals surface area (Å²) in [5, 5.41) is 11.6. The third kappa shape index (κ3) is 2.84. The van der Waals surface area contributed by atoms with Crippen LogP contribution in [0, 0.1) is 5.92 Å². The van der Waals surface area contributed by atoms with Crippen molar-refractivity contribution in [2.24, 2.45) is 5.92 Å². The quantitative estimate of drug-likeness (QED) is 0.878. The van der Waals surface area contributed by atoms with Gasteiger partial charge in [-0.3, -0.25) is 4.98 Å². The minimum Gasteiger partial charge on any atom is -0.390 e. The normalized spacial score (nSPS) is 18.1. The third-order valence-electron chi connectivity index (χ3n) is 3.99. The molecule has 2 atom stereocenters. The first-order valence-electron chi connectivity index (χ1n) is 7.42. The Hall–Kier alpha value is -1.45. The summed E-state index contributed by atoms with van der Waals surface area (Å²) in [6, 6.07) is 10.1. The number of benzene rings is 1. The van der Waals surface area contributed by atoms with Crippen LogP contribution >= 0.6 is 0 Å². The fraction of sp³-hybridized carbons (Fsp3) is 0.471. The van der Waals surface area contributed by atoms with E-state index in [9.17, 15) is 5.11 Å². The van der Waals surface area contributed by atoms with Crippen LogP contribution in [0.5, 0.6) is 0 Å². The van der Waals surface area contributed by atoms with E-state index in [0.717, 1.165) is 16.5 Å². The Balaban J connectivity index is 1.81. The number of hydrogen-bond acceptors (Lipinski definition) is 3. The van der Waals surface area contributed by atoms with E-state index >= 15 is 0 Å². The number of para-hydroxylation sites is 1. The summed E-state index contributed by atoms with van der Waals surface area (Å²) in [7, 11) is 0. The van der Waals surface area contributed by atoms with Crippen LogP contribution in [0.25, 0.3) is 10.9 Å². The van der Waals surface area contributed by atoms with Crippen molar-refractivity contribution in [3.63, 3.8) is 0 Å². The molecular formula is C17H21NO2. The SMILES string of the molecule is CCOC(C(O)Cc1ccnc2ccccc12)C1CC1. The lowest BCUT2D eigenvalue weighted by atomic mass is 9.98. The summed E-state index contributed by atoms with van der Waals surface area (Å²) >= 11 is 0. The molecule has 3 nitrogen and oxygen atoms in total. The molecule has 106 valence electrons. The predicted molar refractivity (Wildman–Crippen MR) is 79.6 cm³/mol. The number of rotatable bonds is 6. The van der Waals surface area contributed by atoms with Crippen LogP contribution in [-0.2, 0) is 11.2 Å². The van der Waals surface area contributed by atoms with Gasteiger partial charge in [-0.1, -0.05) is 18.2 Å². The van der Waals surface area contributed by atoms with Crippen LogP contribution in [0.2, 0.25) is 0 Å². The Labute approximate surface area is 119 Å². The maximum absolute atomic E-state index is 10.5. The number of pyridine rings is 1. The highest BCUT2D eigenvalue weighted by Crippen LogP contribution is 2.36. The highest BCUT2D eigenvalue weighted by Gasteiger charge is 2.36. The third-order valence-corrected chi connectivity index (χ3v) is 3.99. The summed E-state index contributed by atoms with van der Waals surface area (Å²) in [6.07, 6.45) is 4.35. The van der Waals surface area contributed by atoms with Gasteiger partial charge in [-0.25, -0.2) is 0 Å². The van der Waals surface area contributed by atoms with E-state index in [1.807, 2.05) is 37.4 Å². The Morgan fingerprint density at radius 2 is 2.10 bits per heavy atom. The molecule has 2 aromatic rings. The lowest BCUT2D eigenvalue weighted by molar-refractivity contribution is -0.0438. The van der Waals surface area contributed by atoms with E-state index in [-0.39, 0.29) is 6.10 Å². The van der Waals surface area contributed by atoms with Gasteiger partial charge in [0.2, 0.25) is 0 Å². The number of hydrogen-bond donors (Lipinski definition) is 1. The van der Waals surface area contributed by atoms with E-state index < -0.39 is 6.10 Å². The van der Waals surface area contributed by atoms with Crippen LogP contribution in [0.1, 0.15) is 25.3 Å². The predicted octanol–water partition coefficient (Wildman–Crippen LogP) is 2.95. The first kappa shape index (κ1) is 13.5. The molecule has 2 unspecified atom stereocenters. The second-order valence-corrected chi connectivity index (χ2v) is 5.52. The summed E-state index contributed by atoms with van der Waals surface area (Å²) in [4.78, 5) is 4.36. The molecule has 1 aliphatic rings. The molecule has 0 amide bonds. The minimum absolute atomic E-state index is 0.0214. The van der Waals surface area contributed by atoms with E-state index in [1.54, 1.807) is 0 Å². The monoisotopic (exact) mass is 271 g/mol. The molecule has 1 aliphatic carbocycles. The molecule has 1 saturated carbocycles. The van der Waals surface area contributed by atoms with Crippen molar-refractivity contribution < 1.29 is 9.84 Å². The molecule has 0 saturated heterocycles. The molecule has 1 aromatic carbocycles.